The van der Waals surface area contributed by atoms with Crippen molar-refractivity contribution in [2.24, 2.45) is 0 Å². The lowest BCUT2D eigenvalue weighted by Crippen LogP contribution is -1.96. The summed E-state index contributed by atoms with van der Waals surface area (Å²) in [5.74, 6) is 0.720. The highest BCUT2D eigenvalue weighted by Crippen LogP contribution is 2.42. The fourth-order valence-corrected chi connectivity index (χ4v) is 9.29. The van der Waals surface area contributed by atoms with Gasteiger partial charge in [-0.25, -0.2) is 9.97 Å². The molecule has 11 aromatic rings. The average molecular weight is 706 g/mol. The smallest absolute Gasteiger partial charge is 0.160 e. The molecule has 8 aromatic carbocycles. The summed E-state index contributed by atoms with van der Waals surface area (Å²) in [6, 6.07) is 67.2. The first kappa shape index (κ1) is 30.7. The third-order valence-electron chi connectivity index (χ3n) is 10.6. The summed E-state index contributed by atoms with van der Waals surface area (Å²) in [6.45, 7) is 0. The van der Waals surface area contributed by atoms with E-state index in [-0.39, 0.29) is 0 Å². The van der Waals surface area contributed by atoms with E-state index < -0.39 is 0 Å². The third kappa shape index (κ3) is 4.96. The van der Waals surface area contributed by atoms with Crippen LogP contribution in [-0.4, -0.2) is 14.5 Å². The molecule has 0 unspecified atom stereocenters. The predicted molar refractivity (Wildman–Crippen MR) is 229 cm³/mol. The van der Waals surface area contributed by atoms with Crippen LogP contribution in [0, 0.1) is 0 Å². The van der Waals surface area contributed by atoms with Gasteiger partial charge in [0.1, 0.15) is 0 Å². The second-order valence-electron chi connectivity index (χ2n) is 13.8. The van der Waals surface area contributed by atoms with Crippen LogP contribution in [0.1, 0.15) is 0 Å². The molecule has 0 aliphatic rings. The Bertz CT molecular complexity index is 3200. The summed E-state index contributed by atoms with van der Waals surface area (Å²) in [5.41, 5.74) is 12.2. The maximum absolute atomic E-state index is 5.35. The highest BCUT2D eigenvalue weighted by atomic mass is 32.1. The standard InChI is InChI=1S/C50H31N3S/c1-4-13-32(14-5-1)35-23-27-44-41(30-35)42-31-36(24-28-45(42)53(44)38-19-8-3-9-20-38)34-17-12-18-37(29-34)50-51-43-26-25-40-39-21-10-11-22-46(39)54-49(40)47(43)48(52-50)33-15-6-2-7-16-33/h1-31H. The first-order valence-corrected chi connectivity index (χ1v) is 19.1. The lowest BCUT2D eigenvalue weighted by atomic mass is 9.99. The van der Waals surface area contributed by atoms with E-state index >= 15 is 0 Å². The van der Waals surface area contributed by atoms with E-state index in [4.69, 9.17) is 9.97 Å². The molecule has 0 radical (unpaired) electrons. The van der Waals surface area contributed by atoms with Crippen molar-refractivity contribution in [1.82, 2.24) is 14.5 Å². The van der Waals surface area contributed by atoms with Crippen molar-refractivity contribution in [2.75, 3.05) is 0 Å². The normalized spacial score (nSPS) is 11.7. The number of hydrogen-bond donors (Lipinski definition) is 0. The Morgan fingerprint density at radius 2 is 0.981 bits per heavy atom. The molecule has 0 atom stereocenters. The maximum Gasteiger partial charge on any atom is 0.160 e. The number of aromatic nitrogens is 3. The van der Waals surface area contributed by atoms with Crippen LogP contribution in [0.25, 0.3) is 103 Å². The van der Waals surface area contributed by atoms with Gasteiger partial charge in [0.05, 0.1) is 22.2 Å². The number of thiophene rings is 1. The molecule has 0 aliphatic heterocycles. The van der Waals surface area contributed by atoms with Crippen molar-refractivity contribution < 1.29 is 0 Å². The van der Waals surface area contributed by atoms with Crippen molar-refractivity contribution >= 4 is 64.2 Å². The van der Waals surface area contributed by atoms with Gasteiger partial charge in [-0.05, 0) is 76.9 Å². The quantitative estimate of drug-likeness (QED) is 0.178. The van der Waals surface area contributed by atoms with Crippen LogP contribution in [-0.2, 0) is 0 Å². The minimum absolute atomic E-state index is 0.720. The van der Waals surface area contributed by atoms with E-state index in [9.17, 15) is 0 Å². The molecule has 0 N–H and O–H groups in total. The Balaban J connectivity index is 1.09. The number of hydrogen-bond acceptors (Lipinski definition) is 3. The van der Waals surface area contributed by atoms with E-state index in [0.717, 1.165) is 50.4 Å². The maximum atomic E-state index is 5.35. The van der Waals surface area contributed by atoms with Crippen molar-refractivity contribution in [3.63, 3.8) is 0 Å². The molecule has 3 heterocycles. The molecular formula is C50H31N3S. The van der Waals surface area contributed by atoms with Crippen LogP contribution in [0.5, 0.6) is 0 Å². The molecule has 252 valence electrons. The fourth-order valence-electron chi connectivity index (χ4n) is 8.04. The largest absolute Gasteiger partial charge is 0.309 e. The minimum Gasteiger partial charge on any atom is -0.309 e. The molecule has 0 aliphatic carbocycles. The topological polar surface area (TPSA) is 30.7 Å². The lowest BCUT2D eigenvalue weighted by molar-refractivity contribution is 1.18. The first-order chi connectivity index (χ1) is 26.8. The van der Waals surface area contributed by atoms with Gasteiger partial charge >= 0.3 is 0 Å². The zero-order valence-corrected chi connectivity index (χ0v) is 30.0. The number of fused-ring (bicyclic) bond motifs is 8. The van der Waals surface area contributed by atoms with Gasteiger partial charge in [0.2, 0.25) is 0 Å². The van der Waals surface area contributed by atoms with E-state index in [2.05, 4.69) is 193 Å². The molecule has 0 saturated carbocycles. The molecule has 4 heteroatoms. The Labute approximate surface area is 316 Å². The van der Waals surface area contributed by atoms with E-state index in [1.807, 2.05) is 11.3 Å². The van der Waals surface area contributed by atoms with Gasteiger partial charge < -0.3 is 4.57 Å². The summed E-state index contributed by atoms with van der Waals surface area (Å²) in [7, 11) is 0. The van der Waals surface area contributed by atoms with Crippen LogP contribution in [0.15, 0.2) is 188 Å². The summed E-state index contributed by atoms with van der Waals surface area (Å²) in [4.78, 5) is 10.6. The second-order valence-corrected chi connectivity index (χ2v) is 14.8. The average Bonchev–Trinajstić information content (AvgIpc) is 3.79. The molecule has 3 nitrogen and oxygen atoms in total. The van der Waals surface area contributed by atoms with E-state index in [0.29, 0.717) is 0 Å². The minimum atomic E-state index is 0.720. The van der Waals surface area contributed by atoms with Gasteiger partial charge in [-0.3, -0.25) is 0 Å². The van der Waals surface area contributed by atoms with E-state index in [1.165, 1.54) is 53.1 Å². The van der Waals surface area contributed by atoms with Gasteiger partial charge in [-0.15, -0.1) is 11.3 Å². The zero-order valence-electron chi connectivity index (χ0n) is 29.1. The molecule has 0 spiro atoms. The Kier molecular flexibility index (Phi) is 7.04. The fraction of sp³-hybridized carbons (Fsp3) is 0. The molecule has 3 aromatic heterocycles. The van der Waals surface area contributed by atoms with Crippen LogP contribution < -0.4 is 0 Å². The van der Waals surface area contributed by atoms with E-state index in [1.54, 1.807) is 0 Å². The molecule has 11 rings (SSSR count). The number of nitrogens with zero attached hydrogens (tertiary/aromatic N) is 3. The molecule has 0 saturated heterocycles. The highest BCUT2D eigenvalue weighted by molar-refractivity contribution is 7.26. The van der Waals surface area contributed by atoms with Gasteiger partial charge in [0, 0.05) is 53.1 Å². The first-order valence-electron chi connectivity index (χ1n) is 18.2. The zero-order chi connectivity index (χ0) is 35.6. The monoisotopic (exact) mass is 705 g/mol. The SMILES string of the molecule is c1ccc(-c2ccc3c(c2)c2cc(-c4cccc(-c5nc(-c6ccccc6)c6c(ccc7c8ccccc8sc76)n5)c4)ccc2n3-c2ccccc2)cc1. The van der Waals surface area contributed by atoms with Crippen molar-refractivity contribution in [2.45, 2.75) is 0 Å². The van der Waals surface area contributed by atoms with Crippen molar-refractivity contribution in [3.05, 3.63) is 188 Å². The Morgan fingerprint density at radius 3 is 1.72 bits per heavy atom. The molecule has 0 fully saturated rings. The van der Waals surface area contributed by atoms with Gasteiger partial charge in [0.15, 0.2) is 5.82 Å². The van der Waals surface area contributed by atoms with Crippen molar-refractivity contribution in [1.29, 1.82) is 0 Å². The second kappa shape index (κ2) is 12.4. The van der Waals surface area contributed by atoms with Gasteiger partial charge in [-0.1, -0.05) is 133 Å². The lowest BCUT2D eigenvalue weighted by Gasteiger charge is -2.12. The molecule has 0 bridgehead atoms. The number of para-hydroxylation sites is 1. The summed E-state index contributed by atoms with van der Waals surface area (Å²) in [6.07, 6.45) is 0. The molecule has 54 heavy (non-hydrogen) atoms. The number of benzene rings is 8. The van der Waals surface area contributed by atoms with Crippen LogP contribution in [0.4, 0.5) is 0 Å². The molecule has 0 amide bonds. The predicted octanol–water partition coefficient (Wildman–Crippen LogP) is 13.8. The van der Waals surface area contributed by atoms with Gasteiger partial charge in [0.25, 0.3) is 0 Å². The summed E-state index contributed by atoms with van der Waals surface area (Å²) >= 11 is 1.82. The number of rotatable bonds is 5. The van der Waals surface area contributed by atoms with Crippen molar-refractivity contribution in [3.8, 4) is 50.6 Å². The molecular weight excluding hydrogens is 675 g/mol. The van der Waals surface area contributed by atoms with Crippen LogP contribution >= 0.6 is 11.3 Å². The highest BCUT2D eigenvalue weighted by Gasteiger charge is 2.18. The van der Waals surface area contributed by atoms with Gasteiger partial charge in [-0.2, -0.15) is 0 Å². The van der Waals surface area contributed by atoms with Crippen LogP contribution in [0.3, 0.4) is 0 Å². The van der Waals surface area contributed by atoms with Crippen LogP contribution in [0.2, 0.25) is 0 Å². The summed E-state index contributed by atoms with van der Waals surface area (Å²) < 4.78 is 4.88. The third-order valence-corrected chi connectivity index (χ3v) is 11.8. The Hall–Kier alpha value is -6.88. The summed E-state index contributed by atoms with van der Waals surface area (Å²) in [5, 5.41) is 6.07. The Morgan fingerprint density at radius 1 is 0.389 bits per heavy atom.